The summed E-state index contributed by atoms with van der Waals surface area (Å²) in [6.45, 7) is 14.0. The Kier molecular flexibility index (Phi) is 9.71. The van der Waals surface area contributed by atoms with Gasteiger partial charge in [0, 0.05) is 0 Å². The molecule has 0 N–H and O–H groups in total. The van der Waals surface area contributed by atoms with Crippen LogP contribution in [0.3, 0.4) is 0 Å². The molecule has 0 saturated heterocycles. The van der Waals surface area contributed by atoms with E-state index in [0.717, 1.165) is 23.9 Å². The molecule has 0 aromatic rings. The Hall–Kier alpha value is -0.0357. The fourth-order valence-corrected chi connectivity index (χ4v) is 3.98. The van der Waals surface area contributed by atoms with Crippen molar-refractivity contribution < 1.29 is 23.3 Å². The van der Waals surface area contributed by atoms with Gasteiger partial charge in [-0.05, 0) is 18.1 Å². The average Bonchev–Trinajstić information content (AvgIpc) is 2.21. The standard InChI is InChI=1S/C11H21OSi.Li/c1-6-11(7-2)12-13(8-3,9-4)10-5;/h6-7H,1-2,8-10H2,3-5H3;/q-1;+1/b11-6-;. The molecular weight excluding hydrogens is 183 g/mol. The summed E-state index contributed by atoms with van der Waals surface area (Å²) >= 11 is 0. The van der Waals surface area contributed by atoms with Gasteiger partial charge in [-0.15, -0.1) is 12.7 Å². The van der Waals surface area contributed by atoms with E-state index < -0.39 is 8.32 Å². The largest absolute Gasteiger partial charge is 1.00 e. The molecule has 0 aliphatic heterocycles. The van der Waals surface area contributed by atoms with Gasteiger partial charge in [-0.3, -0.25) is 0 Å². The molecular formula is C11H21LiOSi. The van der Waals surface area contributed by atoms with Crippen LogP contribution in [-0.2, 0) is 4.43 Å². The Bertz CT molecular complexity index is 177. The second-order valence-electron chi connectivity index (χ2n) is 3.16. The van der Waals surface area contributed by atoms with E-state index >= 15 is 0 Å². The number of hydrogen-bond acceptors (Lipinski definition) is 1. The summed E-state index contributed by atoms with van der Waals surface area (Å²) in [6.07, 6.45) is 3.49. The van der Waals surface area contributed by atoms with Gasteiger partial charge in [0.15, 0.2) is 0 Å². The summed E-state index contributed by atoms with van der Waals surface area (Å²) < 4.78 is 6.00. The van der Waals surface area contributed by atoms with Crippen molar-refractivity contribution >= 4 is 8.32 Å². The smallest absolute Gasteiger partial charge is 0.631 e. The molecule has 0 aromatic carbocycles. The molecule has 3 heteroatoms. The third-order valence-corrected chi connectivity index (χ3v) is 7.20. The Balaban J connectivity index is 0. The molecule has 0 fully saturated rings. The zero-order chi connectivity index (χ0) is 10.3. The molecule has 0 saturated carbocycles. The van der Waals surface area contributed by atoms with Crippen molar-refractivity contribution in [3.05, 3.63) is 31.4 Å². The van der Waals surface area contributed by atoms with Crippen LogP contribution in [-0.4, -0.2) is 8.32 Å². The molecule has 0 rings (SSSR count). The molecule has 0 aliphatic rings. The summed E-state index contributed by atoms with van der Waals surface area (Å²) in [7, 11) is -1.50. The molecule has 0 bridgehead atoms. The summed E-state index contributed by atoms with van der Waals surface area (Å²) in [5, 5.41) is 0. The molecule has 0 aromatic heterocycles. The zero-order valence-corrected chi connectivity index (χ0v) is 11.1. The van der Waals surface area contributed by atoms with E-state index in [4.69, 9.17) is 4.43 Å². The molecule has 0 spiro atoms. The first-order chi connectivity index (χ1) is 6.17. The first-order valence-electron chi connectivity index (χ1n) is 4.98. The maximum atomic E-state index is 6.00. The van der Waals surface area contributed by atoms with Gasteiger partial charge in [-0.1, -0.05) is 26.5 Å². The van der Waals surface area contributed by atoms with Crippen LogP contribution in [0.2, 0.25) is 18.1 Å². The fraction of sp³-hybridized carbons (Fsp3) is 0.545. The quantitative estimate of drug-likeness (QED) is 0.270. The van der Waals surface area contributed by atoms with E-state index in [9.17, 15) is 0 Å². The zero-order valence-electron chi connectivity index (χ0n) is 10.1. The molecule has 14 heavy (non-hydrogen) atoms. The Morgan fingerprint density at radius 1 is 1.29 bits per heavy atom. The van der Waals surface area contributed by atoms with Crippen LogP contribution in [0, 0.1) is 6.92 Å². The summed E-state index contributed by atoms with van der Waals surface area (Å²) in [5.41, 5.74) is 0. The molecule has 0 radical (unpaired) electrons. The molecule has 0 atom stereocenters. The number of rotatable bonds is 6. The Labute approximate surface area is 102 Å². The van der Waals surface area contributed by atoms with Gasteiger partial charge in [0.2, 0.25) is 8.32 Å². The van der Waals surface area contributed by atoms with Crippen LogP contribution < -0.4 is 18.9 Å². The third kappa shape index (κ3) is 4.46. The third-order valence-electron chi connectivity index (χ3n) is 2.67. The van der Waals surface area contributed by atoms with Crippen LogP contribution in [0.4, 0.5) is 0 Å². The molecule has 0 amide bonds. The molecule has 1 nitrogen and oxygen atoms in total. The molecule has 0 unspecified atom stereocenters. The minimum absolute atomic E-state index is 0. The van der Waals surface area contributed by atoms with E-state index in [2.05, 4.69) is 34.3 Å². The van der Waals surface area contributed by atoms with Crippen molar-refractivity contribution in [2.24, 2.45) is 0 Å². The maximum Gasteiger partial charge on any atom is 1.00 e. The van der Waals surface area contributed by atoms with Gasteiger partial charge in [-0.2, -0.15) is 6.08 Å². The van der Waals surface area contributed by atoms with Crippen LogP contribution in [0.25, 0.3) is 0 Å². The topological polar surface area (TPSA) is 9.23 Å². The second-order valence-corrected chi connectivity index (χ2v) is 7.85. The molecule has 0 aliphatic carbocycles. The minimum Gasteiger partial charge on any atom is -0.631 e. The Morgan fingerprint density at radius 3 is 1.93 bits per heavy atom. The van der Waals surface area contributed by atoms with Gasteiger partial charge in [0.1, 0.15) is 0 Å². The van der Waals surface area contributed by atoms with Crippen molar-refractivity contribution in [2.75, 3.05) is 0 Å². The summed E-state index contributed by atoms with van der Waals surface area (Å²) in [5.74, 6) is 0.845. The van der Waals surface area contributed by atoms with Crippen molar-refractivity contribution in [2.45, 2.75) is 38.9 Å². The number of allylic oxidation sites excluding steroid dienone is 2. The van der Waals surface area contributed by atoms with Crippen molar-refractivity contribution in [3.63, 3.8) is 0 Å². The minimum atomic E-state index is -1.50. The van der Waals surface area contributed by atoms with E-state index in [1.165, 1.54) is 0 Å². The summed E-state index contributed by atoms with van der Waals surface area (Å²) in [4.78, 5) is 0. The predicted molar refractivity (Wildman–Crippen MR) is 61.9 cm³/mol. The van der Waals surface area contributed by atoms with Gasteiger partial charge < -0.3 is 4.43 Å². The van der Waals surface area contributed by atoms with Gasteiger partial charge in [-0.25, -0.2) is 6.92 Å². The Morgan fingerprint density at radius 2 is 1.71 bits per heavy atom. The fourth-order valence-electron chi connectivity index (χ4n) is 1.38. The molecule has 0 heterocycles. The van der Waals surface area contributed by atoms with Gasteiger partial charge in [0.05, 0.1) is 0 Å². The SMILES string of the molecule is C=C/C(=C/[CH2-])O[Si](CC)(CC)CC.[Li+]. The maximum absolute atomic E-state index is 6.00. The van der Waals surface area contributed by atoms with Crippen LogP contribution in [0.15, 0.2) is 24.5 Å². The van der Waals surface area contributed by atoms with Crippen LogP contribution in [0.1, 0.15) is 20.8 Å². The average molecular weight is 204 g/mol. The van der Waals surface area contributed by atoms with Crippen LogP contribution in [0.5, 0.6) is 0 Å². The van der Waals surface area contributed by atoms with Gasteiger partial charge >= 0.3 is 18.9 Å². The van der Waals surface area contributed by atoms with E-state index in [1.807, 2.05) is 0 Å². The van der Waals surface area contributed by atoms with E-state index in [0.29, 0.717) is 0 Å². The van der Waals surface area contributed by atoms with E-state index in [-0.39, 0.29) is 18.9 Å². The van der Waals surface area contributed by atoms with Crippen molar-refractivity contribution in [1.82, 2.24) is 0 Å². The normalized spacial score (nSPS) is 11.8. The summed E-state index contributed by atoms with van der Waals surface area (Å²) in [6, 6.07) is 3.47. The van der Waals surface area contributed by atoms with Crippen molar-refractivity contribution in [3.8, 4) is 0 Å². The second kappa shape index (κ2) is 8.29. The van der Waals surface area contributed by atoms with Gasteiger partial charge in [0.25, 0.3) is 0 Å². The van der Waals surface area contributed by atoms with E-state index in [1.54, 1.807) is 12.2 Å². The van der Waals surface area contributed by atoms with Crippen molar-refractivity contribution in [1.29, 1.82) is 0 Å². The molecule has 76 valence electrons. The monoisotopic (exact) mass is 204 g/mol. The van der Waals surface area contributed by atoms with Crippen LogP contribution >= 0.6 is 0 Å². The first kappa shape index (κ1) is 16.4. The predicted octanol–water partition coefficient (Wildman–Crippen LogP) is 0.916. The first-order valence-corrected chi connectivity index (χ1v) is 7.51. The number of hydrogen-bond donors (Lipinski definition) is 0.